The number of carbonyl (C=O) groups excluding carboxylic acids is 1. The molecule has 4 unspecified atom stereocenters. The van der Waals surface area contributed by atoms with Gasteiger partial charge >= 0.3 is 0 Å². The number of hydrogen-bond acceptors (Lipinski definition) is 3. The maximum atomic E-state index is 12.7. The topological polar surface area (TPSA) is 41.6 Å². The molecule has 0 bridgehead atoms. The van der Waals surface area contributed by atoms with Crippen LogP contribution < -0.4 is 5.32 Å². The van der Waals surface area contributed by atoms with Gasteiger partial charge < -0.3 is 9.64 Å². The van der Waals surface area contributed by atoms with E-state index in [0.29, 0.717) is 12.0 Å². The van der Waals surface area contributed by atoms with E-state index in [2.05, 4.69) is 44.8 Å². The first-order chi connectivity index (χ1) is 9.34. The van der Waals surface area contributed by atoms with Crippen LogP contribution in [-0.4, -0.2) is 41.8 Å². The summed E-state index contributed by atoms with van der Waals surface area (Å²) in [5.41, 5.74) is 0.0448. The molecule has 1 heterocycles. The van der Waals surface area contributed by atoms with Crippen molar-refractivity contribution in [3.63, 3.8) is 0 Å². The Bertz CT molecular complexity index is 367. The Morgan fingerprint density at radius 3 is 2.50 bits per heavy atom. The minimum Gasteiger partial charge on any atom is -0.378 e. The van der Waals surface area contributed by atoms with Gasteiger partial charge in [-0.1, -0.05) is 34.6 Å². The fourth-order valence-electron chi connectivity index (χ4n) is 3.65. The molecule has 4 atom stereocenters. The highest BCUT2D eigenvalue weighted by molar-refractivity contribution is 5.84. The van der Waals surface area contributed by atoms with Gasteiger partial charge in [0, 0.05) is 18.1 Å². The first kappa shape index (κ1) is 15.8. The van der Waals surface area contributed by atoms with Crippen molar-refractivity contribution in [2.45, 2.75) is 78.7 Å². The summed E-state index contributed by atoms with van der Waals surface area (Å²) in [6.45, 7) is 13.7. The van der Waals surface area contributed by atoms with Gasteiger partial charge in [0.15, 0.2) is 0 Å². The molecule has 0 radical (unpaired) electrons. The molecule has 4 heteroatoms. The first-order valence-corrected chi connectivity index (χ1v) is 8.04. The van der Waals surface area contributed by atoms with Gasteiger partial charge in [-0.3, -0.25) is 10.1 Å². The van der Waals surface area contributed by atoms with E-state index in [9.17, 15) is 4.79 Å². The van der Waals surface area contributed by atoms with Crippen LogP contribution in [0.5, 0.6) is 0 Å². The van der Waals surface area contributed by atoms with E-state index >= 15 is 0 Å². The minimum absolute atomic E-state index is 0.00987. The number of amides is 1. The van der Waals surface area contributed by atoms with E-state index in [4.69, 9.17) is 4.74 Å². The molecule has 2 fully saturated rings. The zero-order valence-electron chi connectivity index (χ0n) is 13.8. The van der Waals surface area contributed by atoms with E-state index < -0.39 is 0 Å². The van der Waals surface area contributed by atoms with Crippen LogP contribution in [0.2, 0.25) is 0 Å². The highest BCUT2D eigenvalue weighted by atomic mass is 16.5. The van der Waals surface area contributed by atoms with Crippen molar-refractivity contribution < 1.29 is 9.53 Å². The summed E-state index contributed by atoms with van der Waals surface area (Å²) in [4.78, 5) is 14.8. The third-order valence-electron chi connectivity index (χ3n) is 5.09. The van der Waals surface area contributed by atoms with Crippen LogP contribution >= 0.6 is 0 Å². The monoisotopic (exact) mass is 282 g/mol. The number of rotatable bonds is 5. The lowest BCUT2D eigenvalue weighted by molar-refractivity contribution is -0.170. The Morgan fingerprint density at radius 2 is 2.05 bits per heavy atom. The van der Waals surface area contributed by atoms with Crippen molar-refractivity contribution in [1.29, 1.82) is 0 Å². The molecule has 0 spiro atoms. The van der Waals surface area contributed by atoms with Crippen LogP contribution in [0.1, 0.15) is 54.4 Å². The van der Waals surface area contributed by atoms with Gasteiger partial charge in [-0.25, -0.2) is 0 Å². The van der Waals surface area contributed by atoms with Crippen molar-refractivity contribution in [2.24, 2.45) is 11.3 Å². The summed E-state index contributed by atoms with van der Waals surface area (Å²) in [6.07, 6.45) is 2.27. The van der Waals surface area contributed by atoms with Gasteiger partial charge in [0.25, 0.3) is 0 Å². The standard InChI is InChI=1S/C16H30N2O2/c1-7-11-15(19)18(14(17-11)10(3)4)12-9-13(20-8-2)16(12,5)6/h10-14,17H,7-9H2,1-6H3. The maximum Gasteiger partial charge on any atom is 0.241 e. The molecular formula is C16H30N2O2. The summed E-state index contributed by atoms with van der Waals surface area (Å²) in [6, 6.07) is 0.285. The van der Waals surface area contributed by atoms with Crippen LogP contribution in [0.3, 0.4) is 0 Å². The molecule has 2 aliphatic rings. The smallest absolute Gasteiger partial charge is 0.241 e. The lowest BCUT2D eigenvalue weighted by Gasteiger charge is -2.56. The predicted molar refractivity (Wildman–Crippen MR) is 80.3 cm³/mol. The fraction of sp³-hybridized carbons (Fsp3) is 0.938. The number of carbonyl (C=O) groups is 1. The quantitative estimate of drug-likeness (QED) is 0.842. The molecule has 116 valence electrons. The van der Waals surface area contributed by atoms with Gasteiger partial charge in [-0.05, 0) is 25.7 Å². The number of ether oxygens (including phenoxy) is 1. The summed E-state index contributed by atoms with van der Waals surface area (Å²) in [5.74, 6) is 0.705. The molecule has 0 aromatic heterocycles. The van der Waals surface area contributed by atoms with E-state index in [1.54, 1.807) is 0 Å². The van der Waals surface area contributed by atoms with Crippen molar-refractivity contribution in [3.05, 3.63) is 0 Å². The van der Waals surface area contributed by atoms with Crippen LogP contribution in [0.4, 0.5) is 0 Å². The summed E-state index contributed by atoms with van der Waals surface area (Å²) in [5, 5.41) is 3.51. The Hall–Kier alpha value is -0.610. The Kier molecular flexibility index (Phi) is 4.45. The lowest BCUT2D eigenvalue weighted by atomic mass is 9.63. The van der Waals surface area contributed by atoms with Crippen molar-refractivity contribution in [1.82, 2.24) is 10.2 Å². The predicted octanol–water partition coefficient (Wildman–Crippen LogP) is 2.38. The average Bonchev–Trinajstić information content (AvgIpc) is 2.71. The normalized spacial score (nSPS) is 36.5. The highest BCUT2D eigenvalue weighted by Crippen LogP contribution is 2.47. The van der Waals surface area contributed by atoms with Crippen LogP contribution in [0.15, 0.2) is 0 Å². The van der Waals surface area contributed by atoms with Gasteiger partial charge in [0.05, 0.1) is 18.3 Å². The summed E-state index contributed by atoms with van der Waals surface area (Å²) < 4.78 is 5.81. The molecule has 20 heavy (non-hydrogen) atoms. The van der Waals surface area contributed by atoms with Crippen molar-refractivity contribution >= 4 is 5.91 Å². The second-order valence-electron chi connectivity index (χ2n) is 7.08. The molecule has 4 nitrogen and oxygen atoms in total. The van der Waals surface area contributed by atoms with E-state index in [1.165, 1.54) is 0 Å². The fourth-order valence-corrected chi connectivity index (χ4v) is 3.65. The summed E-state index contributed by atoms with van der Waals surface area (Å²) in [7, 11) is 0. The zero-order chi connectivity index (χ0) is 15.1. The Labute approximate surface area is 123 Å². The van der Waals surface area contributed by atoms with Gasteiger partial charge in [-0.15, -0.1) is 0 Å². The van der Waals surface area contributed by atoms with Crippen molar-refractivity contribution in [3.8, 4) is 0 Å². The van der Waals surface area contributed by atoms with Gasteiger partial charge in [0.2, 0.25) is 5.91 Å². The molecular weight excluding hydrogens is 252 g/mol. The second-order valence-corrected chi connectivity index (χ2v) is 7.08. The zero-order valence-corrected chi connectivity index (χ0v) is 13.8. The second kappa shape index (κ2) is 5.64. The molecule has 0 aromatic rings. The van der Waals surface area contributed by atoms with Gasteiger partial charge in [0.1, 0.15) is 0 Å². The Morgan fingerprint density at radius 1 is 1.40 bits per heavy atom. The minimum atomic E-state index is -0.00987. The third-order valence-corrected chi connectivity index (χ3v) is 5.09. The molecule has 0 aromatic carbocycles. The molecule has 1 saturated heterocycles. The highest BCUT2D eigenvalue weighted by Gasteiger charge is 2.56. The maximum absolute atomic E-state index is 12.7. The van der Waals surface area contributed by atoms with Crippen LogP contribution in [0.25, 0.3) is 0 Å². The third kappa shape index (κ3) is 2.37. The molecule has 1 aliphatic heterocycles. The lowest BCUT2D eigenvalue weighted by Crippen LogP contribution is -2.65. The van der Waals surface area contributed by atoms with Crippen LogP contribution in [0, 0.1) is 11.3 Å². The molecule has 2 rings (SSSR count). The number of nitrogens with zero attached hydrogens (tertiary/aromatic N) is 1. The van der Waals surface area contributed by atoms with Crippen molar-refractivity contribution in [2.75, 3.05) is 6.61 Å². The SMILES string of the molecule is CCOC1CC(N2C(=O)C(CC)NC2C(C)C)C1(C)C. The number of hydrogen-bond donors (Lipinski definition) is 1. The first-order valence-electron chi connectivity index (χ1n) is 8.04. The largest absolute Gasteiger partial charge is 0.378 e. The molecule has 1 amide bonds. The average molecular weight is 282 g/mol. The summed E-state index contributed by atoms with van der Waals surface area (Å²) >= 11 is 0. The van der Waals surface area contributed by atoms with E-state index in [0.717, 1.165) is 19.4 Å². The molecule has 1 N–H and O–H groups in total. The Balaban J connectivity index is 2.16. The molecule has 1 saturated carbocycles. The number of nitrogens with one attached hydrogen (secondary N) is 1. The van der Waals surface area contributed by atoms with E-state index in [1.807, 2.05) is 6.92 Å². The molecule has 1 aliphatic carbocycles. The van der Waals surface area contributed by atoms with Crippen LogP contribution in [-0.2, 0) is 9.53 Å². The van der Waals surface area contributed by atoms with E-state index in [-0.39, 0.29) is 29.6 Å². The van der Waals surface area contributed by atoms with Gasteiger partial charge in [-0.2, -0.15) is 0 Å².